The normalized spacial score (nSPS) is 21.9. The molecule has 0 radical (unpaired) electrons. The van der Waals surface area contributed by atoms with Gasteiger partial charge in [-0.3, -0.25) is 4.21 Å². The van der Waals surface area contributed by atoms with Crippen LogP contribution in [0.1, 0.15) is 45.1 Å². The lowest BCUT2D eigenvalue weighted by Gasteiger charge is -2.30. The van der Waals surface area contributed by atoms with Gasteiger partial charge in [-0.05, 0) is 43.9 Å². The van der Waals surface area contributed by atoms with Crippen LogP contribution in [0.2, 0.25) is 0 Å². The number of pyridine rings is 1. The van der Waals surface area contributed by atoms with Crippen molar-refractivity contribution in [2.24, 2.45) is 4.99 Å². The molecule has 1 fully saturated rings. The van der Waals surface area contributed by atoms with E-state index in [0.717, 1.165) is 55.3 Å². The van der Waals surface area contributed by atoms with Gasteiger partial charge in [-0.1, -0.05) is 13.3 Å². The van der Waals surface area contributed by atoms with Crippen LogP contribution in [0.25, 0.3) is 0 Å². The van der Waals surface area contributed by atoms with Crippen LogP contribution in [0.3, 0.4) is 0 Å². The molecule has 2 rings (SSSR count). The van der Waals surface area contributed by atoms with Crippen LogP contribution in [-0.2, 0) is 17.3 Å². The molecule has 146 valence electrons. The average Bonchev–Trinajstić information content (AvgIpc) is 2.66. The minimum absolute atomic E-state index is 0.317. The van der Waals surface area contributed by atoms with E-state index in [-0.39, 0.29) is 0 Å². The fourth-order valence-corrected chi connectivity index (χ4v) is 4.59. The molecule has 3 unspecified atom stereocenters. The van der Waals surface area contributed by atoms with Crippen molar-refractivity contribution in [1.29, 1.82) is 0 Å². The summed E-state index contributed by atoms with van der Waals surface area (Å²) in [4.78, 5) is 11.1. The number of nitrogens with zero attached hydrogens (tertiary/aromatic N) is 3. The summed E-state index contributed by atoms with van der Waals surface area (Å²) in [5, 5.41) is 7.20. The van der Waals surface area contributed by atoms with E-state index < -0.39 is 10.8 Å². The zero-order valence-corrected chi connectivity index (χ0v) is 17.3. The molecule has 1 aromatic heterocycles. The highest BCUT2D eigenvalue weighted by Gasteiger charge is 2.26. The lowest BCUT2D eigenvalue weighted by molar-refractivity contribution is 0.413. The largest absolute Gasteiger partial charge is 0.363 e. The molecule has 3 atom stereocenters. The van der Waals surface area contributed by atoms with E-state index in [4.69, 9.17) is 4.99 Å². The van der Waals surface area contributed by atoms with Gasteiger partial charge in [0.25, 0.3) is 0 Å². The van der Waals surface area contributed by atoms with Crippen LogP contribution >= 0.6 is 0 Å². The van der Waals surface area contributed by atoms with Gasteiger partial charge in [-0.25, -0.2) is 9.98 Å². The number of aromatic nitrogens is 1. The lowest BCUT2D eigenvalue weighted by Crippen LogP contribution is -2.46. The van der Waals surface area contributed by atoms with Gasteiger partial charge < -0.3 is 15.5 Å². The van der Waals surface area contributed by atoms with Gasteiger partial charge in [0, 0.05) is 54.7 Å². The maximum absolute atomic E-state index is 12.1. The zero-order valence-electron chi connectivity index (χ0n) is 16.5. The van der Waals surface area contributed by atoms with Crippen LogP contribution in [0, 0.1) is 0 Å². The van der Waals surface area contributed by atoms with Crippen molar-refractivity contribution in [2.45, 2.75) is 57.4 Å². The first-order valence-corrected chi connectivity index (χ1v) is 11.0. The SMILES string of the molecule is CCNC(=NCc1ccnc(N(C)C)c1)NC1CCCC(S(=O)CC)C1. The van der Waals surface area contributed by atoms with Crippen LogP contribution < -0.4 is 15.5 Å². The fraction of sp³-hybridized carbons (Fsp3) is 0.684. The molecule has 26 heavy (non-hydrogen) atoms. The predicted octanol–water partition coefficient (Wildman–Crippen LogP) is 2.28. The van der Waals surface area contributed by atoms with E-state index in [1.54, 1.807) is 0 Å². The molecule has 1 heterocycles. The molecular weight excluding hydrogens is 346 g/mol. The number of rotatable bonds is 7. The van der Waals surface area contributed by atoms with E-state index in [1.165, 1.54) is 0 Å². The zero-order chi connectivity index (χ0) is 18.9. The Morgan fingerprint density at radius 1 is 1.38 bits per heavy atom. The van der Waals surface area contributed by atoms with Crippen LogP contribution in [0.15, 0.2) is 23.3 Å². The second kappa shape index (κ2) is 10.5. The van der Waals surface area contributed by atoms with Gasteiger partial charge in [0.2, 0.25) is 0 Å². The molecule has 1 aromatic rings. The van der Waals surface area contributed by atoms with Gasteiger partial charge in [0.05, 0.1) is 6.54 Å². The Labute approximate surface area is 160 Å². The quantitative estimate of drug-likeness (QED) is 0.562. The Bertz CT molecular complexity index is 620. The molecule has 0 aromatic carbocycles. The summed E-state index contributed by atoms with van der Waals surface area (Å²) in [5.41, 5.74) is 1.13. The van der Waals surface area contributed by atoms with Crippen molar-refractivity contribution < 1.29 is 4.21 Å². The van der Waals surface area contributed by atoms with Crippen LogP contribution in [0.5, 0.6) is 0 Å². The summed E-state index contributed by atoms with van der Waals surface area (Å²) in [7, 11) is 3.27. The predicted molar refractivity (Wildman–Crippen MR) is 111 cm³/mol. The van der Waals surface area contributed by atoms with Crippen molar-refractivity contribution >= 4 is 22.6 Å². The third kappa shape index (κ3) is 6.27. The van der Waals surface area contributed by atoms with Gasteiger partial charge in [-0.15, -0.1) is 0 Å². The Balaban J connectivity index is 2.00. The summed E-state index contributed by atoms with van der Waals surface area (Å²) in [6.45, 7) is 5.51. The molecule has 1 aliphatic carbocycles. The smallest absolute Gasteiger partial charge is 0.191 e. The maximum Gasteiger partial charge on any atom is 0.191 e. The van der Waals surface area contributed by atoms with E-state index in [9.17, 15) is 4.21 Å². The van der Waals surface area contributed by atoms with Crippen molar-refractivity contribution in [3.8, 4) is 0 Å². The lowest BCUT2D eigenvalue weighted by atomic mass is 9.95. The van der Waals surface area contributed by atoms with E-state index in [2.05, 4.69) is 28.6 Å². The first-order chi connectivity index (χ1) is 12.5. The minimum atomic E-state index is -0.705. The number of hydrogen-bond donors (Lipinski definition) is 2. The standard InChI is InChI=1S/C19H33N5OS/c1-5-20-19(22-14-15-10-11-21-18(12-15)24(3)4)23-16-8-7-9-17(13-16)26(25)6-2/h10-12,16-17H,5-9,13-14H2,1-4H3,(H2,20,22,23). The number of anilines is 1. The second-order valence-corrected chi connectivity index (χ2v) is 8.92. The highest BCUT2D eigenvalue weighted by molar-refractivity contribution is 7.85. The Morgan fingerprint density at radius 3 is 2.88 bits per heavy atom. The summed E-state index contributed by atoms with van der Waals surface area (Å²) in [6.07, 6.45) is 6.11. The van der Waals surface area contributed by atoms with Gasteiger partial charge in [-0.2, -0.15) is 0 Å². The Morgan fingerprint density at radius 2 is 2.19 bits per heavy atom. The van der Waals surface area contributed by atoms with E-state index >= 15 is 0 Å². The topological polar surface area (TPSA) is 69.6 Å². The number of hydrogen-bond acceptors (Lipinski definition) is 4. The average molecular weight is 380 g/mol. The first kappa shape index (κ1) is 20.7. The molecule has 0 spiro atoms. The molecule has 0 aliphatic heterocycles. The number of nitrogens with one attached hydrogen (secondary N) is 2. The summed E-state index contributed by atoms with van der Waals surface area (Å²) < 4.78 is 12.1. The van der Waals surface area contributed by atoms with E-state index in [1.807, 2.05) is 38.2 Å². The molecule has 0 bridgehead atoms. The summed E-state index contributed by atoms with van der Waals surface area (Å²) >= 11 is 0. The van der Waals surface area contributed by atoms with Crippen molar-refractivity contribution in [3.63, 3.8) is 0 Å². The molecule has 0 saturated heterocycles. The molecular formula is C19H33N5OS. The van der Waals surface area contributed by atoms with Crippen molar-refractivity contribution in [3.05, 3.63) is 23.9 Å². The highest BCUT2D eigenvalue weighted by atomic mass is 32.2. The third-order valence-corrected chi connectivity index (χ3v) is 6.40. The van der Waals surface area contributed by atoms with Crippen molar-refractivity contribution in [1.82, 2.24) is 15.6 Å². The highest BCUT2D eigenvalue weighted by Crippen LogP contribution is 2.23. The molecule has 1 saturated carbocycles. The fourth-order valence-electron chi connectivity index (χ4n) is 3.24. The molecule has 1 aliphatic rings. The Kier molecular flexibility index (Phi) is 8.35. The second-order valence-electron chi connectivity index (χ2n) is 6.91. The van der Waals surface area contributed by atoms with Gasteiger partial charge in [0.1, 0.15) is 5.82 Å². The molecule has 7 heteroatoms. The number of guanidine groups is 1. The maximum atomic E-state index is 12.1. The van der Waals surface area contributed by atoms with Crippen LogP contribution in [-0.4, -0.2) is 52.8 Å². The third-order valence-electron chi connectivity index (χ3n) is 4.66. The Hall–Kier alpha value is -1.63. The van der Waals surface area contributed by atoms with Crippen LogP contribution in [0.4, 0.5) is 5.82 Å². The molecule has 6 nitrogen and oxygen atoms in total. The summed E-state index contributed by atoms with van der Waals surface area (Å²) in [5.74, 6) is 2.53. The summed E-state index contributed by atoms with van der Waals surface area (Å²) in [6, 6.07) is 4.41. The van der Waals surface area contributed by atoms with Gasteiger partial charge in [0.15, 0.2) is 5.96 Å². The molecule has 0 amide bonds. The number of aliphatic imine (C=N–C) groups is 1. The first-order valence-electron chi connectivity index (χ1n) is 9.57. The monoisotopic (exact) mass is 379 g/mol. The van der Waals surface area contributed by atoms with E-state index in [0.29, 0.717) is 17.8 Å². The minimum Gasteiger partial charge on any atom is -0.363 e. The van der Waals surface area contributed by atoms with Gasteiger partial charge >= 0.3 is 0 Å². The molecule has 2 N–H and O–H groups in total. The van der Waals surface area contributed by atoms with Crippen molar-refractivity contribution in [2.75, 3.05) is 31.3 Å².